The Kier molecular flexibility index (Phi) is 8.26. The highest BCUT2D eigenvalue weighted by molar-refractivity contribution is 5.38. The first kappa shape index (κ1) is 17.0. The first-order chi connectivity index (χ1) is 9.72. The Morgan fingerprint density at radius 3 is 2.55 bits per heavy atom. The molecule has 4 nitrogen and oxygen atoms in total. The highest BCUT2D eigenvalue weighted by Crippen LogP contribution is 2.23. The number of nitrogens with one attached hydrogen (secondary N) is 1. The van der Waals surface area contributed by atoms with Crippen molar-refractivity contribution in [2.75, 3.05) is 34.0 Å². The van der Waals surface area contributed by atoms with Gasteiger partial charge >= 0.3 is 0 Å². The Labute approximate surface area is 122 Å². The first-order valence-electron chi connectivity index (χ1n) is 7.22. The van der Waals surface area contributed by atoms with E-state index < -0.39 is 0 Å². The van der Waals surface area contributed by atoms with E-state index in [0.29, 0.717) is 25.9 Å². The average molecular weight is 281 g/mol. The summed E-state index contributed by atoms with van der Waals surface area (Å²) < 4.78 is 16.4. The molecule has 1 N–H and O–H groups in total. The highest BCUT2D eigenvalue weighted by atomic mass is 16.5. The van der Waals surface area contributed by atoms with Crippen molar-refractivity contribution in [1.29, 1.82) is 0 Å². The van der Waals surface area contributed by atoms with Gasteiger partial charge < -0.3 is 19.5 Å². The van der Waals surface area contributed by atoms with Gasteiger partial charge in [-0.1, -0.05) is 13.0 Å². The van der Waals surface area contributed by atoms with Crippen LogP contribution in [-0.4, -0.2) is 34.0 Å². The van der Waals surface area contributed by atoms with Crippen LogP contribution in [0, 0.1) is 0 Å². The van der Waals surface area contributed by atoms with Crippen molar-refractivity contribution in [2.45, 2.75) is 32.9 Å². The minimum atomic E-state index is 0.313. The summed E-state index contributed by atoms with van der Waals surface area (Å²) in [5.41, 5.74) is 2.30. The highest BCUT2D eigenvalue weighted by Gasteiger charge is 2.08. The van der Waals surface area contributed by atoms with Crippen LogP contribution in [-0.2, 0) is 16.1 Å². The Bertz CT molecular complexity index is 382. The lowest BCUT2D eigenvalue weighted by molar-refractivity contribution is 0.0402. The van der Waals surface area contributed by atoms with Crippen LogP contribution in [0.5, 0.6) is 5.75 Å². The van der Waals surface area contributed by atoms with Crippen LogP contribution in [0.1, 0.15) is 37.4 Å². The zero-order chi connectivity index (χ0) is 14.8. The second kappa shape index (κ2) is 9.75. The lowest BCUT2D eigenvalue weighted by atomic mass is 10.0. The molecule has 0 saturated carbocycles. The summed E-state index contributed by atoms with van der Waals surface area (Å²) in [6, 6.07) is 6.52. The zero-order valence-corrected chi connectivity index (χ0v) is 13.1. The Hall–Kier alpha value is -1.10. The smallest absolute Gasteiger partial charge is 0.124 e. The maximum Gasteiger partial charge on any atom is 0.124 e. The van der Waals surface area contributed by atoms with Gasteiger partial charge in [-0.15, -0.1) is 0 Å². The van der Waals surface area contributed by atoms with Gasteiger partial charge in [-0.25, -0.2) is 0 Å². The molecule has 0 radical (unpaired) electrons. The van der Waals surface area contributed by atoms with Crippen molar-refractivity contribution in [1.82, 2.24) is 5.32 Å². The van der Waals surface area contributed by atoms with E-state index in [1.54, 1.807) is 7.11 Å². The van der Waals surface area contributed by atoms with Crippen LogP contribution in [0.2, 0.25) is 0 Å². The Balaban J connectivity index is 2.53. The third-order valence-corrected chi connectivity index (χ3v) is 3.22. The molecule has 114 valence electrons. The summed E-state index contributed by atoms with van der Waals surface area (Å²) in [4.78, 5) is 0. The summed E-state index contributed by atoms with van der Waals surface area (Å²) in [5.74, 6) is 0.867. The average Bonchev–Trinajstić information content (AvgIpc) is 2.49. The molecule has 1 aromatic carbocycles. The Morgan fingerprint density at radius 2 is 1.90 bits per heavy atom. The number of benzene rings is 1. The zero-order valence-electron chi connectivity index (χ0n) is 13.1. The molecule has 0 amide bonds. The summed E-state index contributed by atoms with van der Waals surface area (Å²) in [5, 5.41) is 3.23. The van der Waals surface area contributed by atoms with Gasteiger partial charge in [0.25, 0.3) is 0 Å². The standard InChI is InChI=1S/C16H27NO3/c1-5-8-19-9-10-20-12-15-11-14(13(2)17-3)6-7-16(15)18-4/h6-7,11,13,17H,5,8-10,12H2,1-4H3. The van der Waals surface area contributed by atoms with Crippen molar-refractivity contribution in [3.63, 3.8) is 0 Å². The van der Waals surface area contributed by atoms with Crippen LogP contribution in [0.3, 0.4) is 0 Å². The predicted octanol–water partition coefficient (Wildman–Crippen LogP) is 2.92. The minimum Gasteiger partial charge on any atom is -0.496 e. The number of ether oxygens (including phenoxy) is 3. The monoisotopic (exact) mass is 281 g/mol. The van der Waals surface area contributed by atoms with Crippen molar-refractivity contribution in [3.05, 3.63) is 29.3 Å². The largest absolute Gasteiger partial charge is 0.496 e. The molecular formula is C16H27NO3. The van der Waals surface area contributed by atoms with Crippen LogP contribution < -0.4 is 10.1 Å². The van der Waals surface area contributed by atoms with Crippen LogP contribution in [0.15, 0.2) is 18.2 Å². The van der Waals surface area contributed by atoms with E-state index in [0.717, 1.165) is 24.3 Å². The lowest BCUT2D eigenvalue weighted by Crippen LogP contribution is -2.13. The summed E-state index contributed by atoms with van der Waals surface area (Å²) in [6.07, 6.45) is 1.04. The Morgan fingerprint density at radius 1 is 1.15 bits per heavy atom. The molecule has 0 bridgehead atoms. The fourth-order valence-electron chi connectivity index (χ4n) is 1.89. The molecule has 0 spiro atoms. The van der Waals surface area contributed by atoms with E-state index in [4.69, 9.17) is 14.2 Å². The van der Waals surface area contributed by atoms with E-state index in [9.17, 15) is 0 Å². The second-order valence-electron chi connectivity index (χ2n) is 4.75. The van der Waals surface area contributed by atoms with Gasteiger partial charge in [-0.3, -0.25) is 0 Å². The topological polar surface area (TPSA) is 39.7 Å². The lowest BCUT2D eigenvalue weighted by Gasteiger charge is -2.15. The SMILES string of the molecule is CCCOCCOCc1cc(C(C)NC)ccc1OC. The molecule has 1 rings (SSSR count). The van der Waals surface area contributed by atoms with Crippen molar-refractivity contribution in [2.24, 2.45) is 0 Å². The van der Waals surface area contributed by atoms with Crippen LogP contribution in [0.25, 0.3) is 0 Å². The first-order valence-corrected chi connectivity index (χ1v) is 7.22. The molecule has 20 heavy (non-hydrogen) atoms. The predicted molar refractivity (Wildman–Crippen MR) is 81.2 cm³/mol. The van der Waals surface area contributed by atoms with Gasteiger partial charge in [0.15, 0.2) is 0 Å². The van der Waals surface area contributed by atoms with Crippen LogP contribution in [0.4, 0.5) is 0 Å². The fraction of sp³-hybridized carbons (Fsp3) is 0.625. The molecule has 0 fully saturated rings. The van der Waals surface area contributed by atoms with E-state index in [1.807, 2.05) is 13.1 Å². The van der Waals surface area contributed by atoms with Crippen LogP contribution >= 0.6 is 0 Å². The molecule has 4 heteroatoms. The third kappa shape index (κ3) is 5.49. The van der Waals surface area contributed by atoms with Crippen molar-refractivity contribution >= 4 is 0 Å². The number of hydrogen-bond donors (Lipinski definition) is 1. The van der Waals surface area contributed by atoms with E-state index >= 15 is 0 Å². The van der Waals surface area contributed by atoms with Gasteiger partial charge in [0.1, 0.15) is 5.75 Å². The fourth-order valence-corrected chi connectivity index (χ4v) is 1.89. The molecule has 0 aliphatic rings. The molecule has 1 aromatic rings. The molecule has 0 aliphatic heterocycles. The molecule has 0 aliphatic carbocycles. The molecule has 0 aromatic heterocycles. The van der Waals surface area contributed by atoms with Crippen molar-refractivity contribution < 1.29 is 14.2 Å². The summed E-state index contributed by atoms with van der Waals surface area (Å²) in [7, 11) is 3.64. The molecular weight excluding hydrogens is 254 g/mol. The molecule has 1 atom stereocenters. The molecule has 0 heterocycles. The van der Waals surface area contributed by atoms with Gasteiger partial charge in [-0.2, -0.15) is 0 Å². The second-order valence-corrected chi connectivity index (χ2v) is 4.75. The quantitative estimate of drug-likeness (QED) is 0.669. The molecule has 0 saturated heterocycles. The summed E-state index contributed by atoms with van der Waals surface area (Å²) >= 11 is 0. The van der Waals surface area contributed by atoms with E-state index in [-0.39, 0.29) is 0 Å². The van der Waals surface area contributed by atoms with E-state index in [1.165, 1.54) is 5.56 Å². The molecule has 1 unspecified atom stereocenters. The number of hydrogen-bond acceptors (Lipinski definition) is 4. The minimum absolute atomic E-state index is 0.313. The van der Waals surface area contributed by atoms with Gasteiger partial charge in [-0.05, 0) is 38.1 Å². The maximum absolute atomic E-state index is 5.65. The maximum atomic E-state index is 5.65. The van der Waals surface area contributed by atoms with E-state index in [2.05, 4.69) is 31.3 Å². The number of methoxy groups -OCH3 is 1. The van der Waals surface area contributed by atoms with Gasteiger partial charge in [0.05, 0.1) is 26.9 Å². The van der Waals surface area contributed by atoms with Gasteiger partial charge in [0, 0.05) is 18.2 Å². The third-order valence-electron chi connectivity index (χ3n) is 3.22. The number of rotatable bonds is 10. The van der Waals surface area contributed by atoms with Gasteiger partial charge in [0.2, 0.25) is 0 Å². The normalized spacial score (nSPS) is 12.4. The van der Waals surface area contributed by atoms with Crippen molar-refractivity contribution in [3.8, 4) is 5.75 Å². The summed E-state index contributed by atoms with van der Waals surface area (Å²) in [6.45, 7) is 6.81.